The van der Waals surface area contributed by atoms with Crippen LogP contribution < -0.4 is 10.2 Å². The van der Waals surface area contributed by atoms with Crippen molar-refractivity contribution in [3.8, 4) is 5.95 Å². The smallest absolute Gasteiger partial charge is 0.291 e. The lowest BCUT2D eigenvalue weighted by Gasteiger charge is -2.62. The van der Waals surface area contributed by atoms with Gasteiger partial charge >= 0.3 is 0 Å². The molecule has 0 amide bonds. The third-order valence-corrected chi connectivity index (χ3v) is 15.7. The van der Waals surface area contributed by atoms with Crippen molar-refractivity contribution in [2.45, 2.75) is 131 Å². The van der Waals surface area contributed by atoms with Crippen molar-refractivity contribution in [3.05, 3.63) is 50.9 Å². The Balaban J connectivity index is 2.10. The number of allylic oxidation sites excluding steroid dienone is 2. The Morgan fingerprint density at radius 1 is 1.18 bits per heavy atom. The summed E-state index contributed by atoms with van der Waals surface area (Å²) in [5.74, 6) is 1.38. The van der Waals surface area contributed by atoms with Gasteiger partial charge < -0.3 is 18.7 Å². The Morgan fingerprint density at radius 3 is 2.35 bits per heavy atom. The van der Waals surface area contributed by atoms with Crippen molar-refractivity contribution in [2.24, 2.45) is 22.7 Å². The molecule has 0 saturated heterocycles. The largest absolute Gasteiger partial charge is 0.468 e. The molecular formula is C34H56O5Si. The second-order valence-electron chi connectivity index (χ2n) is 13.5. The number of fused-ring (bicyclic) bond motifs is 1. The molecule has 2 fully saturated rings. The van der Waals surface area contributed by atoms with Gasteiger partial charge in [0.2, 0.25) is 0 Å². The molecule has 1 heterocycles. The Bertz CT molecular complexity index is 1140. The van der Waals surface area contributed by atoms with E-state index in [1.807, 2.05) is 19.9 Å². The van der Waals surface area contributed by atoms with Gasteiger partial charge in [0.05, 0.1) is 24.9 Å². The van der Waals surface area contributed by atoms with Crippen LogP contribution in [0.5, 0.6) is 5.95 Å². The molecule has 2 aliphatic carbocycles. The second-order valence-corrected chi connectivity index (χ2v) is 18.2. The molecule has 1 aromatic heterocycles. The van der Waals surface area contributed by atoms with Gasteiger partial charge in [-0.2, -0.15) is 0 Å². The molecule has 0 radical (unpaired) electrons. The van der Waals surface area contributed by atoms with Gasteiger partial charge in [-0.15, -0.1) is 0 Å². The highest BCUT2D eigenvalue weighted by molar-refractivity contribution is 6.73. The average molecular weight is 573 g/mol. The minimum absolute atomic E-state index is 0.0162. The summed E-state index contributed by atoms with van der Waals surface area (Å²) in [5, 5.41) is 11.3. The summed E-state index contributed by atoms with van der Waals surface area (Å²) in [4.78, 5) is 13.5. The summed E-state index contributed by atoms with van der Waals surface area (Å²) in [6.45, 7) is 24.0. The van der Waals surface area contributed by atoms with Gasteiger partial charge in [0, 0.05) is 5.56 Å². The van der Waals surface area contributed by atoms with Crippen molar-refractivity contribution >= 4 is 8.32 Å². The molecule has 2 saturated carbocycles. The van der Waals surface area contributed by atoms with E-state index in [1.165, 1.54) is 5.57 Å². The van der Waals surface area contributed by atoms with Crippen LogP contribution in [0.4, 0.5) is 0 Å². The van der Waals surface area contributed by atoms with Crippen LogP contribution in [-0.2, 0) is 10.8 Å². The molecule has 0 aromatic carbocycles. The van der Waals surface area contributed by atoms with Crippen molar-refractivity contribution in [1.82, 2.24) is 0 Å². The summed E-state index contributed by atoms with van der Waals surface area (Å²) in [6, 6.07) is 3.35. The van der Waals surface area contributed by atoms with E-state index in [0.29, 0.717) is 41.6 Å². The van der Waals surface area contributed by atoms with Gasteiger partial charge in [0.15, 0.2) is 13.7 Å². The average Bonchev–Trinajstić information content (AvgIpc) is 2.89. The molecule has 2 aliphatic rings. The molecule has 6 atom stereocenters. The lowest BCUT2D eigenvalue weighted by Crippen LogP contribution is -2.60. The second kappa shape index (κ2) is 12.7. The van der Waals surface area contributed by atoms with Crippen LogP contribution in [-0.4, -0.2) is 32.7 Å². The molecule has 5 nitrogen and oxygen atoms in total. The molecule has 1 N–H and O–H groups in total. The maximum atomic E-state index is 13.5. The van der Waals surface area contributed by atoms with E-state index < -0.39 is 14.4 Å². The number of aryl methyl sites for hydroxylation is 1. The van der Waals surface area contributed by atoms with Gasteiger partial charge in [0.25, 0.3) is 5.95 Å². The molecule has 0 bridgehead atoms. The SMILES string of the molecule is C=C1CC[C@@H]2[C@](C)(CC[C@@H](O[Si](CC)(CC)CC)[C@@]2(C)C[C@@H](O)C=C(C)C)[C@@H]1Cc1c(OC)oc(C)c(C)c1=O. The number of aliphatic hydroxyl groups excluding tert-OH is 1. The third-order valence-electron chi connectivity index (χ3n) is 11.0. The lowest BCUT2D eigenvalue weighted by molar-refractivity contribution is -0.139. The molecule has 1 aromatic rings. The predicted molar refractivity (Wildman–Crippen MR) is 168 cm³/mol. The predicted octanol–water partition coefficient (Wildman–Crippen LogP) is 8.30. The number of methoxy groups -OCH3 is 1. The van der Waals surface area contributed by atoms with Crippen LogP contribution in [0, 0.1) is 36.5 Å². The van der Waals surface area contributed by atoms with Gasteiger partial charge in [0.1, 0.15) is 5.76 Å². The molecule has 3 rings (SSSR count). The monoisotopic (exact) mass is 572 g/mol. The zero-order chi connectivity index (χ0) is 30.0. The van der Waals surface area contributed by atoms with Crippen LogP contribution in [0.1, 0.15) is 97.5 Å². The number of rotatable bonds is 11. The first kappa shape index (κ1) is 32.9. The van der Waals surface area contributed by atoms with Crippen LogP contribution in [0.15, 0.2) is 33.0 Å². The van der Waals surface area contributed by atoms with E-state index in [9.17, 15) is 9.90 Å². The summed E-state index contributed by atoms with van der Waals surface area (Å²) in [5.41, 5.74) is 3.34. The fraction of sp³-hybridized carbons (Fsp3) is 0.735. The minimum Gasteiger partial charge on any atom is -0.468 e. The Labute approximate surface area is 244 Å². The van der Waals surface area contributed by atoms with E-state index in [-0.39, 0.29) is 28.3 Å². The van der Waals surface area contributed by atoms with E-state index in [2.05, 4.69) is 55.0 Å². The Kier molecular flexibility index (Phi) is 10.4. The maximum absolute atomic E-state index is 13.5. The highest BCUT2D eigenvalue weighted by Crippen LogP contribution is 2.64. The highest BCUT2D eigenvalue weighted by Gasteiger charge is 2.59. The van der Waals surface area contributed by atoms with Crippen LogP contribution >= 0.6 is 0 Å². The van der Waals surface area contributed by atoms with Crippen molar-refractivity contribution in [3.63, 3.8) is 0 Å². The van der Waals surface area contributed by atoms with Crippen LogP contribution in [0.25, 0.3) is 0 Å². The normalized spacial score (nSPS) is 29.6. The zero-order valence-corrected chi connectivity index (χ0v) is 28.0. The molecule has 0 spiro atoms. The van der Waals surface area contributed by atoms with E-state index in [0.717, 1.165) is 49.4 Å². The summed E-state index contributed by atoms with van der Waals surface area (Å²) in [6.07, 6.45) is 6.77. The molecule has 0 unspecified atom stereocenters. The first-order chi connectivity index (χ1) is 18.7. The number of ether oxygens (including phenoxy) is 1. The summed E-state index contributed by atoms with van der Waals surface area (Å²) < 4.78 is 18.9. The van der Waals surface area contributed by atoms with Gasteiger partial charge in [-0.05, 0) is 107 Å². The number of aliphatic hydroxyl groups is 1. The fourth-order valence-corrected chi connectivity index (χ4v) is 11.3. The van der Waals surface area contributed by atoms with Crippen molar-refractivity contribution < 1.29 is 18.7 Å². The van der Waals surface area contributed by atoms with Gasteiger partial charge in [-0.3, -0.25) is 4.79 Å². The molecule has 226 valence electrons. The van der Waals surface area contributed by atoms with Crippen molar-refractivity contribution in [1.29, 1.82) is 0 Å². The lowest BCUT2D eigenvalue weighted by atomic mass is 9.45. The highest BCUT2D eigenvalue weighted by atomic mass is 28.4. The summed E-state index contributed by atoms with van der Waals surface area (Å²) in [7, 11) is -0.290. The summed E-state index contributed by atoms with van der Waals surface area (Å²) >= 11 is 0. The fourth-order valence-electron chi connectivity index (χ4n) is 8.31. The Morgan fingerprint density at radius 2 is 1.80 bits per heavy atom. The molecule has 0 aliphatic heterocycles. The van der Waals surface area contributed by atoms with E-state index in [4.69, 9.17) is 13.6 Å². The third kappa shape index (κ3) is 6.10. The van der Waals surface area contributed by atoms with Gasteiger partial charge in [-0.25, -0.2) is 0 Å². The standard InChI is InChI=1S/C34H56O5Si/c1-12-40(13-2,14-3)39-30-17-18-33(9)28(20-27-31(36)24(7)25(8)38-32(27)37-11)23(6)15-16-29(33)34(30,10)21-26(35)19-22(4)5/h19,26,28-30,35H,6,12-18,20-21H2,1-5,7-11H3/t26-,28+,29+,30+,33+,34-/m0/s1. The van der Waals surface area contributed by atoms with Crippen molar-refractivity contribution in [2.75, 3.05) is 7.11 Å². The molecule has 6 heteroatoms. The zero-order valence-electron chi connectivity index (χ0n) is 27.0. The first-order valence-corrected chi connectivity index (χ1v) is 18.1. The van der Waals surface area contributed by atoms with Crippen LogP contribution in [0.2, 0.25) is 18.1 Å². The minimum atomic E-state index is -1.87. The quantitative estimate of drug-likeness (QED) is 0.213. The first-order valence-electron chi connectivity index (χ1n) is 15.6. The molecule has 40 heavy (non-hydrogen) atoms. The van der Waals surface area contributed by atoms with Crippen LogP contribution in [0.3, 0.4) is 0 Å². The Hall–Kier alpha value is -1.63. The number of hydrogen-bond acceptors (Lipinski definition) is 5. The molecular weight excluding hydrogens is 516 g/mol. The number of hydrogen-bond donors (Lipinski definition) is 1. The maximum Gasteiger partial charge on any atom is 0.291 e. The van der Waals surface area contributed by atoms with E-state index in [1.54, 1.807) is 7.11 Å². The van der Waals surface area contributed by atoms with E-state index >= 15 is 0 Å². The van der Waals surface area contributed by atoms with Gasteiger partial charge in [-0.1, -0.05) is 58.4 Å². The topological polar surface area (TPSA) is 68.9 Å².